The van der Waals surface area contributed by atoms with E-state index < -0.39 is 6.04 Å². The van der Waals surface area contributed by atoms with E-state index in [4.69, 9.17) is 10.5 Å². The van der Waals surface area contributed by atoms with Crippen LogP contribution >= 0.6 is 0 Å². The van der Waals surface area contributed by atoms with Crippen molar-refractivity contribution in [3.05, 3.63) is 23.8 Å². The molecule has 0 aromatic heterocycles. The van der Waals surface area contributed by atoms with Gasteiger partial charge in [0, 0.05) is 18.2 Å². The third-order valence-electron chi connectivity index (χ3n) is 3.33. The maximum Gasteiger partial charge on any atom is 0.248 e. The van der Waals surface area contributed by atoms with E-state index >= 15 is 0 Å². The van der Waals surface area contributed by atoms with Crippen molar-refractivity contribution in [1.82, 2.24) is 0 Å². The predicted molar refractivity (Wildman–Crippen MR) is 71.7 cm³/mol. The molecule has 1 aromatic carbocycles. The molecule has 0 saturated carbocycles. The number of carbonyl (C=O) groups is 1. The van der Waals surface area contributed by atoms with Crippen LogP contribution in [-0.2, 0) is 4.79 Å². The Balaban J connectivity index is 2.30. The molecule has 0 aliphatic carbocycles. The van der Waals surface area contributed by atoms with Gasteiger partial charge in [0.15, 0.2) is 0 Å². The minimum absolute atomic E-state index is 0.0149. The number of benzene rings is 1. The lowest BCUT2D eigenvalue weighted by Crippen LogP contribution is -2.33. The van der Waals surface area contributed by atoms with Crippen molar-refractivity contribution in [2.24, 2.45) is 11.7 Å². The first kappa shape index (κ1) is 12.9. The Morgan fingerprint density at radius 3 is 2.78 bits per heavy atom. The highest BCUT2D eigenvalue weighted by Gasteiger charge is 2.34. The second kappa shape index (κ2) is 4.98. The third-order valence-corrected chi connectivity index (χ3v) is 3.33. The smallest absolute Gasteiger partial charge is 0.248 e. The second-order valence-corrected chi connectivity index (χ2v) is 5.07. The molecule has 2 rings (SSSR count). The number of ether oxygens (including phenoxy) is 1. The van der Waals surface area contributed by atoms with E-state index in [1.54, 1.807) is 12.0 Å². The van der Waals surface area contributed by atoms with Crippen LogP contribution in [-0.4, -0.2) is 19.6 Å². The summed E-state index contributed by atoms with van der Waals surface area (Å²) in [7, 11) is 1.62. The number of amides is 1. The number of nitrogens with two attached hydrogens (primary N) is 1. The van der Waals surface area contributed by atoms with Gasteiger partial charge >= 0.3 is 0 Å². The minimum Gasteiger partial charge on any atom is -0.497 e. The van der Waals surface area contributed by atoms with Crippen LogP contribution in [0.4, 0.5) is 5.69 Å². The Labute approximate surface area is 108 Å². The van der Waals surface area contributed by atoms with Crippen LogP contribution < -0.4 is 15.4 Å². The summed E-state index contributed by atoms with van der Waals surface area (Å²) in [6.45, 7) is 5.00. The lowest BCUT2D eigenvalue weighted by molar-refractivity contribution is -0.119. The number of nitrogens with zero attached hydrogens (tertiary/aromatic N) is 1. The van der Waals surface area contributed by atoms with Crippen LogP contribution in [0.25, 0.3) is 0 Å². The Hall–Kier alpha value is -1.55. The van der Waals surface area contributed by atoms with Crippen LogP contribution in [0.5, 0.6) is 5.75 Å². The van der Waals surface area contributed by atoms with Crippen molar-refractivity contribution >= 4 is 11.6 Å². The molecule has 1 unspecified atom stereocenters. The molecule has 0 fully saturated rings. The molecular weight excluding hydrogens is 228 g/mol. The van der Waals surface area contributed by atoms with Gasteiger partial charge in [0.25, 0.3) is 0 Å². The standard InChI is InChI=1S/C14H20N2O2/c1-9(2)6-7-16-12-8-10(18-3)4-5-11(12)13(15)14(16)17/h4-5,8-9,13H,6-7,15H2,1-3H3. The second-order valence-electron chi connectivity index (χ2n) is 5.07. The molecule has 1 aliphatic heterocycles. The first-order valence-electron chi connectivity index (χ1n) is 6.29. The van der Waals surface area contributed by atoms with E-state index in [1.165, 1.54) is 0 Å². The maximum absolute atomic E-state index is 12.1. The summed E-state index contributed by atoms with van der Waals surface area (Å²) in [5.41, 5.74) is 7.74. The third kappa shape index (κ3) is 2.20. The van der Waals surface area contributed by atoms with Crippen LogP contribution in [0, 0.1) is 5.92 Å². The lowest BCUT2D eigenvalue weighted by atomic mass is 10.1. The van der Waals surface area contributed by atoms with Gasteiger partial charge < -0.3 is 15.4 Å². The van der Waals surface area contributed by atoms with Crippen molar-refractivity contribution < 1.29 is 9.53 Å². The number of hydrogen-bond acceptors (Lipinski definition) is 3. The van der Waals surface area contributed by atoms with Crippen molar-refractivity contribution in [3.63, 3.8) is 0 Å². The van der Waals surface area contributed by atoms with Crippen LogP contribution in [0.2, 0.25) is 0 Å². The Morgan fingerprint density at radius 1 is 1.44 bits per heavy atom. The fourth-order valence-electron chi connectivity index (χ4n) is 2.18. The molecule has 98 valence electrons. The van der Waals surface area contributed by atoms with E-state index in [0.29, 0.717) is 12.5 Å². The maximum atomic E-state index is 12.1. The fourth-order valence-corrected chi connectivity index (χ4v) is 2.18. The van der Waals surface area contributed by atoms with Crippen LogP contribution in [0.15, 0.2) is 18.2 Å². The summed E-state index contributed by atoms with van der Waals surface area (Å²) in [6, 6.07) is 5.09. The fraction of sp³-hybridized carbons (Fsp3) is 0.500. The summed E-state index contributed by atoms with van der Waals surface area (Å²) in [5, 5.41) is 0. The van der Waals surface area contributed by atoms with Crippen LogP contribution in [0.1, 0.15) is 31.9 Å². The average molecular weight is 248 g/mol. The number of rotatable bonds is 4. The summed E-state index contributed by atoms with van der Waals surface area (Å²) in [6.07, 6.45) is 0.967. The molecule has 0 saturated heterocycles. The first-order chi connectivity index (χ1) is 8.54. The highest BCUT2D eigenvalue weighted by molar-refractivity contribution is 6.04. The molecule has 18 heavy (non-hydrogen) atoms. The Morgan fingerprint density at radius 2 is 2.17 bits per heavy atom. The zero-order valence-corrected chi connectivity index (χ0v) is 11.1. The number of fused-ring (bicyclic) bond motifs is 1. The van der Waals surface area contributed by atoms with Crippen molar-refractivity contribution in [2.75, 3.05) is 18.6 Å². The molecule has 1 heterocycles. The molecule has 2 N–H and O–H groups in total. The zero-order valence-electron chi connectivity index (χ0n) is 11.1. The number of hydrogen-bond donors (Lipinski definition) is 1. The van der Waals surface area contributed by atoms with Crippen molar-refractivity contribution in [1.29, 1.82) is 0 Å². The predicted octanol–water partition coefficient (Wildman–Crippen LogP) is 2.09. The quantitative estimate of drug-likeness (QED) is 0.887. The van der Waals surface area contributed by atoms with Gasteiger partial charge in [0.1, 0.15) is 11.8 Å². The number of methoxy groups -OCH3 is 1. The summed E-state index contributed by atoms with van der Waals surface area (Å²) in [5.74, 6) is 1.30. The van der Waals surface area contributed by atoms with Gasteiger partial charge in [0.05, 0.1) is 12.8 Å². The minimum atomic E-state index is -0.530. The van der Waals surface area contributed by atoms with Gasteiger partial charge in [-0.1, -0.05) is 19.9 Å². The molecule has 4 heteroatoms. The summed E-state index contributed by atoms with van der Waals surface area (Å²) in [4.78, 5) is 13.9. The van der Waals surface area contributed by atoms with E-state index in [-0.39, 0.29) is 5.91 Å². The van der Waals surface area contributed by atoms with Gasteiger partial charge in [-0.2, -0.15) is 0 Å². The Kier molecular flexibility index (Phi) is 3.57. The van der Waals surface area contributed by atoms with Gasteiger partial charge in [-0.05, 0) is 18.4 Å². The monoisotopic (exact) mass is 248 g/mol. The van der Waals surface area contributed by atoms with E-state index in [2.05, 4.69) is 13.8 Å². The molecule has 4 nitrogen and oxygen atoms in total. The van der Waals surface area contributed by atoms with Gasteiger partial charge in [-0.15, -0.1) is 0 Å². The SMILES string of the molecule is COc1ccc2c(c1)N(CCC(C)C)C(=O)C2N. The lowest BCUT2D eigenvalue weighted by Gasteiger charge is -2.19. The highest BCUT2D eigenvalue weighted by atomic mass is 16.5. The number of anilines is 1. The van der Waals surface area contributed by atoms with Crippen molar-refractivity contribution in [3.8, 4) is 5.75 Å². The zero-order chi connectivity index (χ0) is 13.3. The summed E-state index contributed by atoms with van der Waals surface area (Å²) < 4.78 is 5.21. The van der Waals surface area contributed by atoms with Crippen molar-refractivity contribution in [2.45, 2.75) is 26.3 Å². The topological polar surface area (TPSA) is 55.6 Å². The molecule has 0 spiro atoms. The van der Waals surface area contributed by atoms with Gasteiger partial charge in [0.2, 0.25) is 5.91 Å². The molecule has 1 atom stereocenters. The Bertz CT molecular complexity index is 457. The van der Waals surface area contributed by atoms with E-state index in [9.17, 15) is 4.79 Å². The largest absolute Gasteiger partial charge is 0.497 e. The molecule has 0 bridgehead atoms. The molecule has 0 radical (unpaired) electrons. The normalized spacial score (nSPS) is 18.4. The molecule has 1 amide bonds. The number of carbonyl (C=O) groups excluding carboxylic acids is 1. The first-order valence-corrected chi connectivity index (χ1v) is 6.29. The van der Waals surface area contributed by atoms with Gasteiger partial charge in [-0.25, -0.2) is 0 Å². The van der Waals surface area contributed by atoms with E-state index in [1.807, 2.05) is 18.2 Å². The van der Waals surface area contributed by atoms with Crippen LogP contribution in [0.3, 0.4) is 0 Å². The molecular formula is C14H20N2O2. The van der Waals surface area contributed by atoms with E-state index in [0.717, 1.165) is 23.4 Å². The molecule has 1 aromatic rings. The average Bonchev–Trinajstić information content (AvgIpc) is 2.59. The molecule has 1 aliphatic rings. The van der Waals surface area contributed by atoms with Gasteiger partial charge in [-0.3, -0.25) is 4.79 Å². The summed E-state index contributed by atoms with van der Waals surface area (Å²) >= 11 is 0. The highest BCUT2D eigenvalue weighted by Crippen LogP contribution is 2.37.